The minimum absolute atomic E-state index is 0.137. The van der Waals surface area contributed by atoms with Crippen molar-refractivity contribution in [1.82, 2.24) is 5.32 Å². The van der Waals surface area contributed by atoms with Gasteiger partial charge in [0, 0.05) is 17.5 Å². The quantitative estimate of drug-likeness (QED) is 0.664. The highest BCUT2D eigenvalue weighted by molar-refractivity contribution is 6.30. The lowest BCUT2D eigenvalue weighted by Gasteiger charge is -2.17. The van der Waals surface area contributed by atoms with E-state index in [-0.39, 0.29) is 5.92 Å². The number of esters is 1. The van der Waals surface area contributed by atoms with Crippen molar-refractivity contribution in [2.45, 2.75) is 26.7 Å². The Kier molecular flexibility index (Phi) is 6.68. The maximum atomic E-state index is 11.5. The van der Waals surface area contributed by atoms with Gasteiger partial charge < -0.3 is 14.8 Å². The van der Waals surface area contributed by atoms with E-state index in [0.717, 1.165) is 5.56 Å². The molecule has 0 aliphatic heterocycles. The molecule has 22 heavy (non-hydrogen) atoms. The Balaban J connectivity index is 2.28. The topological polar surface area (TPSA) is 64.6 Å². The smallest absolute Gasteiger partial charge is 0.410 e. The van der Waals surface area contributed by atoms with Gasteiger partial charge in [-0.05, 0) is 45.4 Å². The molecule has 0 unspecified atom stereocenters. The van der Waals surface area contributed by atoms with Crippen molar-refractivity contribution in [2.75, 3.05) is 13.3 Å². The zero-order chi connectivity index (χ0) is 16.8. The molecule has 0 saturated carbocycles. The largest absolute Gasteiger partial charge is 0.427 e. The second-order valence-electron chi connectivity index (χ2n) is 5.86. The van der Waals surface area contributed by atoms with Gasteiger partial charge in [0.15, 0.2) is 0 Å². The van der Waals surface area contributed by atoms with Crippen molar-refractivity contribution in [3.8, 4) is 0 Å². The summed E-state index contributed by atoms with van der Waals surface area (Å²) in [6.07, 6.45) is -0.663. The molecule has 0 spiro atoms. The Labute approximate surface area is 135 Å². The summed E-state index contributed by atoms with van der Waals surface area (Å²) in [4.78, 5) is 23.0. The van der Waals surface area contributed by atoms with E-state index in [1.165, 1.54) is 0 Å². The van der Waals surface area contributed by atoms with Crippen molar-refractivity contribution >= 4 is 23.7 Å². The highest BCUT2D eigenvalue weighted by Gasteiger charge is 2.23. The van der Waals surface area contributed by atoms with Crippen LogP contribution in [0.4, 0.5) is 4.79 Å². The van der Waals surface area contributed by atoms with Crippen LogP contribution < -0.4 is 5.32 Å². The summed E-state index contributed by atoms with van der Waals surface area (Å²) in [6.45, 7) is 8.99. The van der Waals surface area contributed by atoms with Crippen LogP contribution in [0, 0.1) is 12.3 Å². The number of ether oxygens (including phenoxy) is 2. The van der Waals surface area contributed by atoms with Crippen LogP contribution in [0.25, 0.3) is 0 Å². The summed E-state index contributed by atoms with van der Waals surface area (Å²) in [5.41, 5.74) is 0.316. The molecule has 0 heterocycles. The van der Waals surface area contributed by atoms with Crippen LogP contribution in [0.2, 0.25) is 5.02 Å². The van der Waals surface area contributed by atoms with E-state index in [1.807, 2.05) is 12.1 Å². The number of hydrogen-bond acceptors (Lipinski definition) is 4. The monoisotopic (exact) mass is 326 g/mol. The first-order valence-electron chi connectivity index (χ1n) is 6.86. The first kappa shape index (κ1) is 18.3. The predicted molar refractivity (Wildman–Crippen MR) is 84.4 cm³/mol. The molecule has 0 aliphatic carbocycles. The Morgan fingerprint density at radius 3 is 2.36 bits per heavy atom. The Morgan fingerprint density at radius 1 is 1.23 bits per heavy atom. The highest BCUT2D eigenvalue weighted by Crippen LogP contribution is 2.17. The number of hydrogen-bond donors (Lipinski definition) is 1. The molecule has 0 aromatic heterocycles. The van der Waals surface area contributed by atoms with Crippen LogP contribution in [0.1, 0.15) is 32.3 Å². The van der Waals surface area contributed by atoms with E-state index in [0.29, 0.717) is 11.6 Å². The van der Waals surface area contributed by atoms with E-state index in [4.69, 9.17) is 21.1 Å². The van der Waals surface area contributed by atoms with E-state index in [2.05, 4.69) is 12.2 Å². The first-order chi connectivity index (χ1) is 10.2. The first-order valence-corrected chi connectivity index (χ1v) is 7.24. The van der Waals surface area contributed by atoms with Gasteiger partial charge in [-0.3, -0.25) is 4.79 Å². The fraction of sp³-hybridized carbons (Fsp3) is 0.438. The third kappa shape index (κ3) is 6.35. The fourth-order valence-corrected chi connectivity index (χ4v) is 1.59. The van der Waals surface area contributed by atoms with Crippen molar-refractivity contribution in [1.29, 1.82) is 0 Å². The van der Waals surface area contributed by atoms with Crippen LogP contribution in [0.5, 0.6) is 0 Å². The van der Waals surface area contributed by atoms with Gasteiger partial charge in [0.1, 0.15) is 0 Å². The van der Waals surface area contributed by atoms with Crippen molar-refractivity contribution in [3.05, 3.63) is 41.8 Å². The maximum Gasteiger partial charge on any atom is 0.410 e. The summed E-state index contributed by atoms with van der Waals surface area (Å²) in [6, 6.07) is 7.22. The molecule has 0 aliphatic rings. The molecule has 5 nitrogen and oxygen atoms in total. The number of alkyl carbamates (subject to hydrolysis) is 1. The van der Waals surface area contributed by atoms with Crippen LogP contribution in [0.3, 0.4) is 0 Å². The third-order valence-electron chi connectivity index (χ3n) is 2.83. The van der Waals surface area contributed by atoms with E-state index < -0.39 is 24.3 Å². The second-order valence-corrected chi connectivity index (χ2v) is 6.30. The molecule has 1 N–H and O–H groups in total. The SMILES string of the molecule is [CH2][C@H](CNC(=O)OCOC(=O)C(C)(C)C)c1ccc(Cl)cc1. The number of nitrogens with one attached hydrogen (secondary N) is 1. The van der Waals surface area contributed by atoms with Gasteiger partial charge in [0.2, 0.25) is 6.79 Å². The molecule has 0 fully saturated rings. The average molecular weight is 327 g/mol. The van der Waals surface area contributed by atoms with Crippen LogP contribution in [0.15, 0.2) is 24.3 Å². The highest BCUT2D eigenvalue weighted by atomic mass is 35.5. The number of halogens is 1. The van der Waals surface area contributed by atoms with E-state index >= 15 is 0 Å². The summed E-state index contributed by atoms with van der Waals surface area (Å²) in [7, 11) is 0. The van der Waals surface area contributed by atoms with Crippen LogP contribution in [-0.4, -0.2) is 25.4 Å². The van der Waals surface area contributed by atoms with Gasteiger partial charge in [-0.25, -0.2) is 4.79 Å². The van der Waals surface area contributed by atoms with Crippen molar-refractivity contribution < 1.29 is 19.1 Å². The molecule has 0 bridgehead atoms. The predicted octanol–water partition coefficient (Wildman–Crippen LogP) is 3.53. The molecule has 6 heteroatoms. The number of carbonyl (C=O) groups is 2. The molecular formula is C16H21ClNO4. The average Bonchev–Trinajstić information content (AvgIpc) is 2.44. The van der Waals surface area contributed by atoms with Gasteiger partial charge >= 0.3 is 12.1 Å². The minimum atomic E-state index is -0.663. The lowest BCUT2D eigenvalue weighted by atomic mass is 9.98. The Hall–Kier alpha value is -1.75. The molecule has 1 aromatic rings. The molecule has 1 amide bonds. The molecule has 1 rings (SSSR count). The zero-order valence-corrected chi connectivity index (χ0v) is 13.8. The molecule has 0 saturated heterocycles. The Morgan fingerprint density at radius 2 is 1.82 bits per heavy atom. The van der Waals surface area contributed by atoms with Crippen LogP contribution in [-0.2, 0) is 14.3 Å². The minimum Gasteiger partial charge on any atom is -0.427 e. The normalized spacial score (nSPS) is 12.4. The molecule has 1 atom stereocenters. The number of amides is 1. The van der Waals surface area contributed by atoms with Gasteiger partial charge in [-0.15, -0.1) is 0 Å². The van der Waals surface area contributed by atoms with E-state index in [1.54, 1.807) is 32.9 Å². The summed E-state index contributed by atoms with van der Waals surface area (Å²) in [5, 5.41) is 3.20. The summed E-state index contributed by atoms with van der Waals surface area (Å²) in [5.74, 6) is -0.571. The number of carbonyl (C=O) groups excluding carboxylic acids is 2. The second kappa shape index (κ2) is 8.03. The summed E-state index contributed by atoms with van der Waals surface area (Å²) < 4.78 is 9.60. The molecule has 1 radical (unpaired) electrons. The standard InChI is InChI=1S/C16H21ClNO4/c1-11(12-5-7-13(17)8-6-12)9-18-15(20)22-10-21-14(19)16(2,3)4/h5-8,11H,1,9-10H2,2-4H3,(H,18,20)/t11-/m1/s1. The molecular weight excluding hydrogens is 306 g/mol. The maximum absolute atomic E-state index is 11.5. The lowest BCUT2D eigenvalue weighted by Crippen LogP contribution is -2.30. The van der Waals surface area contributed by atoms with Gasteiger partial charge in [0.05, 0.1) is 5.41 Å². The van der Waals surface area contributed by atoms with Crippen LogP contribution >= 0.6 is 11.6 Å². The Bertz CT molecular complexity index is 508. The van der Waals surface area contributed by atoms with Gasteiger partial charge in [-0.1, -0.05) is 23.7 Å². The lowest BCUT2D eigenvalue weighted by molar-refractivity contribution is -0.161. The van der Waals surface area contributed by atoms with Crippen molar-refractivity contribution in [3.63, 3.8) is 0 Å². The number of benzene rings is 1. The summed E-state index contributed by atoms with van der Waals surface area (Å²) >= 11 is 5.81. The van der Waals surface area contributed by atoms with E-state index in [9.17, 15) is 9.59 Å². The van der Waals surface area contributed by atoms with Crippen molar-refractivity contribution in [2.24, 2.45) is 5.41 Å². The van der Waals surface area contributed by atoms with Gasteiger partial charge in [-0.2, -0.15) is 0 Å². The molecule has 1 aromatic carbocycles. The molecule has 121 valence electrons. The third-order valence-corrected chi connectivity index (χ3v) is 3.08. The number of rotatable bonds is 5. The van der Waals surface area contributed by atoms with Gasteiger partial charge in [0.25, 0.3) is 0 Å². The fourth-order valence-electron chi connectivity index (χ4n) is 1.46. The zero-order valence-electron chi connectivity index (χ0n) is 13.0.